The van der Waals surface area contributed by atoms with Crippen LogP contribution in [-0.2, 0) is 21.4 Å². The summed E-state index contributed by atoms with van der Waals surface area (Å²) in [6.07, 6.45) is 2.21. The van der Waals surface area contributed by atoms with Gasteiger partial charge >= 0.3 is 0 Å². The van der Waals surface area contributed by atoms with E-state index in [4.69, 9.17) is 0 Å². The Bertz CT molecular complexity index is 681. The molecule has 0 amide bonds. The normalized spacial score (nSPS) is 29.9. The summed E-state index contributed by atoms with van der Waals surface area (Å²) >= 11 is 0. The zero-order valence-corrected chi connectivity index (χ0v) is 13.9. The standard InChI is InChI=1S/C17H23NO3S/c1-16(2)14-8-9-17(16,15(19)10-14)12-22(20,21)18-11-13-6-4-3-5-7-13/h3-7,14,18H,8-12H2,1-2H3/t14-,17-/m1/s1. The molecule has 5 heteroatoms. The maximum atomic E-state index is 12.5. The molecule has 1 aromatic carbocycles. The molecule has 1 N–H and O–H groups in total. The lowest BCUT2D eigenvalue weighted by molar-refractivity contribution is -0.128. The number of Topliss-reactive ketones (excluding diaryl/α,β-unsaturated/α-hetero) is 1. The van der Waals surface area contributed by atoms with Gasteiger partial charge in [-0.15, -0.1) is 0 Å². The minimum absolute atomic E-state index is 0.0742. The summed E-state index contributed by atoms with van der Waals surface area (Å²) in [7, 11) is -3.48. The van der Waals surface area contributed by atoms with Crippen molar-refractivity contribution in [1.29, 1.82) is 0 Å². The molecule has 2 aliphatic rings. The van der Waals surface area contributed by atoms with Crippen LogP contribution in [0.5, 0.6) is 0 Å². The molecule has 2 aliphatic carbocycles. The summed E-state index contributed by atoms with van der Waals surface area (Å²) in [6, 6.07) is 9.43. The van der Waals surface area contributed by atoms with Crippen molar-refractivity contribution in [2.24, 2.45) is 16.7 Å². The van der Waals surface area contributed by atoms with Crippen LogP contribution in [0, 0.1) is 16.7 Å². The predicted molar refractivity (Wildman–Crippen MR) is 85.6 cm³/mol. The Morgan fingerprint density at radius 1 is 1.23 bits per heavy atom. The fourth-order valence-corrected chi connectivity index (χ4v) is 6.09. The minimum atomic E-state index is -3.48. The number of rotatable bonds is 5. The molecule has 2 atom stereocenters. The fourth-order valence-electron chi connectivity index (χ4n) is 4.27. The highest BCUT2D eigenvalue weighted by molar-refractivity contribution is 7.89. The third-order valence-corrected chi connectivity index (χ3v) is 7.37. The number of hydrogen-bond donors (Lipinski definition) is 1. The zero-order chi connectivity index (χ0) is 16.0. The lowest BCUT2D eigenvalue weighted by Gasteiger charge is -2.36. The Morgan fingerprint density at radius 3 is 2.45 bits per heavy atom. The van der Waals surface area contributed by atoms with Crippen LogP contribution in [0.25, 0.3) is 0 Å². The molecule has 0 aromatic heterocycles. The summed E-state index contributed by atoms with van der Waals surface area (Å²) in [5.41, 5.74) is 0.0102. The maximum Gasteiger partial charge on any atom is 0.212 e. The molecule has 3 rings (SSSR count). The number of carbonyl (C=O) groups is 1. The molecule has 0 radical (unpaired) electrons. The number of fused-ring (bicyclic) bond motifs is 2. The van der Waals surface area contributed by atoms with Gasteiger partial charge in [-0.2, -0.15) is 0 Å². The minimum Gasteiger partial charge on any atom is -0.299 e. The molecule has 0 unspecified atom stereocenters. The molecule has 22 heavy (non-hydrogen) atoms. The maximum absolute atomic E-state index is 12.5. The molecule has 0 spiro atoms. The van der Waals surface area contributed by atoms with E-state index in [-0.39, 0.29) is 23.5 Å². The number of carbonyl (C=O) groups excluding carboxylic acids is 1. The van der Waals surface area contributed by atoms with E-state index in [1.54, 1.807) is 0 Å². The molecule has 120 valence electrons. The van der Waals surface area contributed by atoms with Crippen LogP contribution < -0.4 is 4.72 Å². The number of nitrogens with one attached hydrogen (secondary N) is 1. The van der Waals surface area contributed by atoms with Gasteiger partial charge in [-0.1, -0.05) is 44.2 Å². The Hall–Kier alpha value is -1.20. The van der Waals surface area contributed by atoms with Crippen molar-refractivity contribution < 1.29 is 13.2 Å². The van der Waals surface area contributed by atoms with E-state index in [2.05, 4.69) is 18.6 Å². The van der Waals surface area contributed by atoms with Gasteiger partial charge < -0.3 is 0 Å². The Kier molecular flexibility index (Phi) is 3.68. The lowest BCUT2D eigenvalue weighted by Crippen LogP contribution is -2.45. The second-order valence-electron chi connectivity index (χ2n) is 7.23. The zero-order valence-electron chi connectivity index (χ0n) is 13.1. The van der Waals surface area contributed by atoms with Crippen molar-refractivity contribution in [2.45, 2.75) is 39.7 Å². The Labute approximate surface area is 132 Å². The number of benzene rings is 1. The van der Waals surface area contributed by atoms with Gasteiger partial charge in [-0.05, 0) is 29.7 Å². The van der Waals surface area contributed by atoms with Crippen LogP contribution >= 0.6 is 0 Å². The molecule has 2 bridgehead atoms. The summed E-state index contributed by atoms with van der Waals surface area (Å²) in [5, 5.41) is 0. The van der Waals surface area contributed by atoms with Gasteiger partial charge in [0.05, 0.1) is 5.75 Å². The van der Waals surface area contributed by atoms with Crippen LogP contribution in [0.2, 0.25) is 0 Å². The van der Waals surface area contributed by atoms with Crippen molar-refractivity contribution in [1.82, 2.24) is 4.72 Å². The third kappa shape index (κ3) is 2.40. The molecule has 2 fully saturated rings. The Balaban J connectivity index is 1.75. The number of sulfonamides is 1. The summed E-state index contributed by atoms with van der Waals surface area (Å²) in [5.74, 6) is 0.401. The van der Waals surface area contributed by atoms with E-state index in [1.165, 1.54) is 0 Å². The number of hydrogen-bond acceptors (Lipinski definition) is 3. The first-order chi connectivity index (χ1) is 10.3. The van der Waals surface area contributed by atoms with Crippen LogP contribution in [-0.4, -0.2) is 20.0 Å². The van der Waals surface area contributed by atoms with E-state index >= 15 is 0 Å². The highest BCUT2D eigenvalue weighted by atomic mass is 32.2. The van der Waals surface area contributed by atoms with E-state index in [0.29, 0.717) is 18.8 Å². The molecule has 0 saturated heterocycles. The number of ketones is 1. The van der Waals surface area contributed by atoms with Gasteiger partial charge in [0.2, 0.25) is 10.0 Å². The van der Waals surface area contributed by atoms with Gasteiger partial charge in [-0.3, -0.25) is 4.79 Å². The Morgan fingerprint density at radius 2 is 1.91 bits per heavy atom. The average Bonchev–Trinajstić information content (AvgIpc) is 2.80. The van der Waals surface area contributed by atoms with Crippen molar-refractivity contribution in [2.75, 3.05) is 5.75 Å². The molecule has 2 saturated carbocycles. The van der Waals surface area contributed by atoms with Crippen molar-refractivity contribution in [3.8, 4) is 0 Å². The molecule has 0 heterocycles. The van der Waals surface area contributed by atoms with Gasteiger partial charge in [0.15, 0.2) is 0 Å². The van der Waals surface area contributed by atoms with Gasteiger partial charge in [0.25, 0.3) is 0 Å². The van der Waals surface area contributed by atoms with Crippen molar-refractivity contribution >= 4 is 15.8 Å². The van der Waals surface area contributed by atoms with Gasteiger partial charge in [-0.25, -0.2) is 13.1 Å². The molecule has 4 nitrogen and oxygen atoms in total. The van der Waals surface area contributed by atoms with Gasteiger partial charge in [0, 0.05) is 18.4 Å². The van der Waals surface area contributed by atoms with E-state index in [0.717, 1.165) is 12.0 Å². The smallest absolute Gasteiger partial charge is 0.212 e. The monoisotopic (exact) mass is 321 g/mol. The van der Waals surface area contributed by atoms with Crippen molar-refractivity contribution in [3.05, 3.63) is 35.9 Å². The molecular weight excluding hydrogens is 298 g/mol. The fraction of sp³-hybridized carbons (Fsp3) is 0.588. The second-order valence-corrected chi connectivity index (χ2v) is 9.04. The van der Waals surface area contributed by atoms with E-state index in [1.807, 2.05) is 30.3 Å². The van der Waals surface area contributed by atoms with Gasteiger partial charge in [0.1, 0.15) is 5.78 Å². The highest BCUT2D eigenvalue weighted by Gasteiger charge is 2.65. The SMILES string of the molecule is CC1(C)[C@@H]2CC[C@@]1(CS(=O)(=O)NCc1ccccc1)C(=O)C2. The summed E-state index contributed by atoms with van der Waals surface area (Å²) in [4.78, 5) is 12.4. The molecule has 0 aliphatic heterocycles. The third-order valence-electron chi connectivity index (χ3n) is 5.91. The van der Waals surface area contributed by atoms with E-state index < -0.39 is 15.4 Å². The quantitative estimate of drug-likeness (QED) is 0.906. The summed E-state index contributed by atoms with van der Waals surface area (Å²) in [6.45, 7) is 4.39. The first-order valence-electron chi connectivity index (χ1n) is 7.81. The van der Waals surface area contributed by atoms with Crippen LogP contribution in [0.15, 0.2) is 30.3 Å². The first kappa shape index (κ1) is 15.7. The van der Waals surface area contributed by atoms with E-state index in [9.17, 15) is 13.2 Å². The highest BCUT2D eigenvalue weighted by Crippen LogP contribution is 2.64. The van der Waals surface area contributed by atoms with Crippen LogP contribution in [0.1, 0.15) is 38.7 Å². The predicted octanol–water partition coefficient (Wildman–Crippen LogP) is 2.50. The van der Waals surface area contributed by atoms with Crippen LogP contribution in [0.4, 0.5) is 0 Å². The summed E-state index contributed by atoms with van der Waals surface area (Å²) < 4.78 is 27.7. The van der Waals surface area contributed by atoms with Crippen LogP contribution in [0.3, 0.4) is 0 Å². The first-order valence-corrected chi connectivity index (χ1v) is 9.47. The van der Waals surface area contributed by atoms with Crippen molar-refractivity contribution in [3.63, 3.8) is 0 Å². The topological polar surface area (TPSA) is 63.2 Å². The largest absolute Gasteiger partial charge is 0.299 e. The molecule has 1 aromatic rings. The average molecular weight is 321 g/mol. The molecular formula is C17H23NO3S. The second kappa shape index (κ2) is 5.17. The lowest BCUT2D eigenvalue weighted by atomic mass is 9.70.